The summed E-state index contributed by atoms with van der Waals surface area (Å²) in [5.41, 5.74) is -0.640. The summed E-state index contributed by atoms with van der Waals surface area (Å²) in [6.07, 6.45) is 2.98. The molecule has 0 bridgehead atoms. The van der Waals surface area contributed by atoms with Gasteiger partial charge in [-0.3, -0.25) is 9.59 Å². The molecule has 0 radical (unpaired) electrons. The summed E-state index contributed by atoms with van der Waals surface area (Å²) in [4.78, 5) is 22.9. The van der Waals surface area contributed by atoms with Gasteiger partial charge in [-0.2, -0.15) is 0 Å². The first kappa shape index (κ1) is 20.0. The topological polar surface area (TPSA) is 52.6 Å². The van der Waals surface area contributed by atoms with Crippen LogP contribution in [0.5, 0.6) is 0 Å². The highest BCUT2D eigenvalue weighted by Gasteiger charge is 2.16. The first-order valence-corrected chi connectivity index (χ1v) is 7.89. The number of rotatable bonds is 10. The van der Waals surface area contributed by atoms with Crippen molar-refractivity contribution in [2.45, 2.75) is 52.1 Å². The number of unbranched alkanes of at least 4 members (excludes halogenated alkanes) is 2. The van der Waals surface area contributed by atoms with Gasteiger partial charge in [0.1, 0.15) is 12.4 Å². The second kappa shape index (κ2) is 10.7. The van der Waals surface area contributed by atoms with Gasteiger partial charge in [0, 0.05) is 12.8 Å². The number of esters is 2. The fourth-order valence-electron chi connectivity index (χ4n) is 1.91. The summed E-state index contributed by atoms with van der Waals surface area (Å²) in [7, 11) is 0. The van der Waals surface area contributed by atoms with E-state index in [1.54, 1.807) is 0 Å². The van der Waals surface area contributed by atoms with E-state index < -0.39 is 41.6 Å². The molecule has 0 fully saturated rings. The average Bonchev–Trinajstić information content (AvgIpc) is 2.55. The summed E-state index contributed by atoms with van der Waals surface area (Å²) >= 11 is 0. The largest absolute Gasteiger partial charge is 0.466 e. The van der Waals surface area contributed by atoms with Crippen LogP contribution in [-0.4, -0.2) is 18.5 Å². The van der Waals surface area contributed by atoms with Crippen LogP contribution in [0.2, 0.25) is 0 Å². The van der Waals surface area contributed by atoms with Crippen molar-refractivity contribution >= 4 is 11.9 Å². The van der Waals surface area contributed by atoms with Gasteiger partial charge >= 0.3 is 11.9 Å². The Hall–Kier alpha value is -2.05. The molecular formula is C17H21F3O4. The highest BCUT2D eigenvalue weighted by Crippen LogP contribution is 2.17. The summed E-state index contributed by atoms with van der Waals surface area (Å²) in [5, 5.41) is 0. The number of hydrogen-bond donors (Lipinski definition) is 0. The molecule has 4 nitrogen and oxygen atoms in total. The Morgan fingerprint density at radius 1 is 0.917 bits per heavy atom. The summed E-state index contributed by atoms with van der Waals surface area (Å²) in [6, 6.07) is 1.41. The lowest BCUT2D eigenvalue weighted by molar-refractivity contribution is -0.146. The molecule has 0 heterocycles. The van der Waals surface area contributed by atoms with E-state index in [4.69, 9.17) is 9.47 Å². The Kier molecular flexibility index (Phi) is 8.89. The lowest BCUT2D eigenvalue weighted by atomic mass is 10.2. The maximum atomic E-state index is 13.4. The molecule has 0 N–H and O–H groups in total. The zero-order valence-corrected chi connectivity index (χ0v) is 13.6. The van der Waals surface area contributed by atoms with Crippen LogP contribution in [-0.2, 0) is 25.7 Å². The summed E-state index contributed by atoms with van der Waals surface area (Å²) in [6.45, 7) is 1.69. The Labute approximate surface area is 138 Å². The van der Waals surface area contributed by atoms with Crippen LogP contribution in [0.4, 0.5) is 13.2 Å². The van der Waals surface area contributed by atoms with E-state index in [0.29, 0.717) is 12.7 Å². The molecule has 0 saturated carbocycles. The second-order valence-corrected chi connectivity index (χ2v) is 5.26. The van der Waals surface area contributed by atoms with Crippen molar-refractivity contribution in [3.63, 3.8) is 0 Å². The number of halogens is 3. The number of hydrogen-bond acceptors (Lipinski definition) is 4. The Morgan fingerprint density at radius 2 is 1.54 bits per heavy atom. The molecule has 24 heavy (non-hydrogen) atoms. The van der Waals surface area contributed by atoms with E-state index in [2.05, 4.69) is 0 Å². The third kappa shape index (κ3) is 7.02. The quantitative estimate of drug-likeness (QED) is 0.364. The van der Waals surface area contributed by atoms with E-state index >= 15 is 0 Å². The molecule has 0 amide bonds. The van der Waals surface area contributed by atoms with Crippen molar-refractivity contribution in [3.8, 4) is 0 Å². The van der Waals surface area contributed by atoms with E-state index in [9.17, 15) is 22.8 Å². The van der Waals surface area contributed by atoms with Crippen molar-refractivity contribution in [2.24, 2.45) is 0 Å². The van der Waals surface area contributed by atoms with Gasteiger partial charge in [-0.15, -0.1) is 0 Å². The van der Waals surface area contributed by atoms with E-state index in [-0.39, 0.29) is 19.3 Å². The number of carbonyl (C=O) groups excluding carboxylic acids is 2. The molecule has 134 valence electrons. The van der Waals surface area contributed by atoms with Crippen LogP contribution in [0.25, 0.3) is 0 Å². The van der Waals surface area contributed by atoms with Crippen molar-refractivity contribution in [1.82, 2.24) is 0 Å². The van der Waals surface area contributed by atoms with Crippen molar-refractivity contribution in [1.29, 1.82) is 0 Å². The monoisotopic (exact) mass is 346 g/mol. The lowest BCUT2D eigenvalue weighted by Crippen LogP contribution is -2.10. The highest BCUT2D eigenvalue weighted by atomic mass is 19.2. The molecule has 1 aromatic rings. The predicted octanol–water partition coefficient (Wildman–Crippen LogP) is 4.05. The molecule has 0 aromatic heterocycles. The van der Waals surface area contributed by atoms with Gasteiger partial charge < -0.3 is 9.47 Å². The molecule has 0 atom stereocenters. The predicted molar refractivity (Wildman–Crippen MR) is 80.4 cm³/mol. The highest BCUT2D eigenvalue weighted by molar-refractivity contribution is 5.72. The third-order valence-electron chi connectivity index (χ3n) is 3.29. The van der Waals surface area contributed by atoms with Crippen LogP contribution in [0, 0.1) is 17.5 Å². The summed E-state index contributed by atoms with van der Waals surface area (Å²) < 4.78 is 49.4. The van der Waals surface area contributed by atoms with Crippen LogP contribution in [0.1, 0.15) is 51.0 Å². The molecule has 1 aromatic carbocycles. The van der Waals surface area contributed by atoms with Gasteiger partial charge in [-0.05, 0) is 25.0 Å². The number of carbonyl (C=O) groups is 2. The first-order chi connectivity index (χ1) is 11.5. The van der Waals surface area contributed by atoms with Crippen LogP contribution < -0.4 is 0 Å². The summed E-state index contributed by atoms with van der Waals surface area (Å²) in [5.74, 6) is -4.71. The number of ether oxygens (including phenoxy) is 2. The van der Waals surface area contributed by atoms with Gasteiger partial charge in [0.15, 0.2) is 11.6 Å². The van der Waals surface area contributed by atoms with E-state index in [0.717, 1.165) is 25.3 Å². The fraction of sp³-hybridized carbons (Fsp3) is 0.529. The molecule has 1 rings (SSSR count). The molecule has 0 aliphatic carbocycles. The Balaban J connectivity index is 2.26. The van der Waals surface area contributed by atoms with Crippen LogP contribution in [0.3, 0.4) is 0 Å². The molecule has 0 unspecified atom stereocenters. The minimum absolute atomic E-state index is 0.0594. The van der Waals surface area contributed by atoms with Gasteiger partial charge in [0.05, 0.1) is 12.2 Å². The lowest BCUT2D eigenvalue weighted by Gasteiger charge is -2.08. The normalized spacial score (nSPS) is 10.5. The minimum atomic E-state index is -1.38. The molecule has 0 saturated heterocycles. The molecule has 0 aliphatic heterocycles. The number of benzene rings is 1. The molecule has 0 spiro atoms. The van der Waals surface area contributed by atoms with Crippen LogP contribution >= 0.6 is 0 Å². The van der Waals surface area contributed by atoms with E-state index in [1.165, 1.54) is 0 Å². The maximum absolute atomic E-state index is 13.4. The standard InChI is InChI=1S/C17H21F3O4/c1-2-3-4-10-23-15(21)6-5-7-16(22)24-11-12-13(18)8-9-14(19)17(12)20/h8-9H,2-7,10-11H2,1H3. The zero-order valence-electron chi connectivity index (χ0n) is 13.6. The SMILES string of the molecule is CCCCCOC(=O)CCCC(=O)OCc1c(F)ccc(F)c1F. The van der Waals surface area contributed by atoms with Crippen LogP contribution in [0.15, 0.2) is 12.1 Å². The van der Waals surface area contributed by atoms with Gasteiger partial charge in [-0.25, -0.2) is 13.2 Å². The molecule has 0 aliphatic rings. The van der Waals surface area contributed by atoms with Crippen molar-refractivity contribution in [3.05, 3.63) is 35.1 Å². The van der Waals surface area contributed by atoms with Gasteiger partial charge in [0.2, 0.25) is 0 Å². The fourth-order valence-corrected chi connectivity index (χ4v) is 1.91. The minimum Gasteiger partial charge on any atom is -0.466 e. The van der Waals surface area contributed by atoms with Gasteiger partial charge in [0.25, 0.3) is 0 Å². The van der Waals surface area contributed by atoms with Crippen molar-refractivity contribution < 1.29 is 32.2 Å². The first-order valence-electron chi connectivity index (χ1n) is 7.89. The third-order valence-corrected chi connectivity index (χ3v) is 3.29. The van der Waals surface area contributed by atoms with Crippen molar-refractivity contribution in [2.75, 3.05) is 6.61 Å². The smallest absolute Gasteiger partial charge is 0.306 e. The Bertz CT molecular complexity index is 561. The van der Waals surface area contributed by atoms with E-state index in [1.807, 2.05) is 6.92 Å². The second-order valence-electron chi connectivity index (χ2n) is 5.26. The van der Waals surface area contributed by atoms with Gasteiger partial charge in [-0.1, -0.05) is 19.8 Å². The maximum Gasteiger partial charge on any atom is 0.306 e. The Morgan fingerprint density at radius 3 is 2.21 bits per heavy atom. The molecule has 7 heteroatoms. The zero-order chi connectivity index (χ0) is 17.9. The molecular weight excluding hydrogens is 325 g/mol. The average molecular weight is 346 g/mol.